The molecule has 0 saturated carbocycles. The van der Waals surface area contributed by atoms with Crippen molar-refractivity contribution in [2.45, 2.75) is 12.1 Å². The molecule has 3 unspecified atom stereocenters. The second kappa shape index (κ2) is 10.5. The van der Waals surface area contributed by atoms with E-state index >= 15 is 0 Å². The first-order valence-corrected chi connectivity index (χ1v) is 14.2. The van der Waals surface area contributed by atoms with Crippen molar-refractivity contribution in [3.63, 3.8) is 0 Å². The van der Waals surface area contributed by atoms with E-state index < -0.39 is 0 Å². The zero-order valence-corrected chi connectivity index (χ0v) is 24.3. The smallest absolute Gasteiger partial charge is 0.255 e. The van der Waals surface area contributed by atoms with Gasteiger partial charge in [-0.05, 0) is 47.3 Å². The number of halogens is 2. The molecule has 5 aromatic rings. The Kier molecular flexibility index (Phi) is 7.05. The van der Waals surface area contributed by atoms with E-state index in [1.165, 1.54) is 5.69 Å². The van der Waals surface area contributed by atoms with Crippen LogP contribution in [0.4, 0.5) is 5.69 Å². The van der Waals surface area contributed by atoms with Crippen molar-refractivity contribution in [1.29, 1.82) is 0 Å². The number of aromatic nitrogens is 3. The first-order chi connectivity index (χ1) is 19.2. The molecule has 0 radical (unpaired) electrons. The van der Waals surface area contributed by atoms with Gasteiger partial charge in [0, 0.05) is 42.3 Å². The summed E-state index contributed by atoms with van der Waals surface area (Å²) >= 11 is 12.8. The highest BCUT2D eigenvalue weighted by atomic mass is 35.5. The molecule has 1 fully saturated rings. The number of benzene rings is 3. The van der Waals surface area contributed by atoms with Crippen LogP contribution < -0.4 is 10.0 Å². The number of rotatable bonds is 5. The minimum absolute atomic E-state index is 0.00239. The fourth-order valence-corrected chi connectivity index (χ4v) is 6.50. The van der Waals surface area contributed by atoms with E-state index in [0.29, 0.717) is 5.02 Å². The first kappa shape index (κ1) is 26.8. The van der Waals surface area contributed by atoms with Gasteiger partial charge in [0.05, 0.1) is 49.4 Å². The molecule has 40 heavy (non-hydrogen) atoms. The van der Waals surface area contributed by atoms with Gasteiger partial charge in [-0.25, -0.2) is 4.98 Å². The van der Waals surface area contributed by atoms with Crippen LogP contribution in [-0.2, 0) is 14.1 Å². The summed E-state index contributed by atoms with van der Waals surface area (Å²) in [7, 11) is 6.11. The predicted molar refractivity (Wildman–Crippen MR) is 164 cm³/mol. The normalized spacial score (nSPS) is 20.6. The molecule has 1 aliphatic rings. The van der Waals surface area contributed by atoms with E-state index in [1.54, 1.807) is 10.9 Å². The molecule has 6 rings (SSSR count). The maximum atomic E-state index is 14.0. The van der Waals surface area contributed by atoms with E-state index in [0.717, 1.165) is 56.9 Å². The molecular formula is C32H32Cl2N5O+. The van der Waals surface area contributed by atoms with Crippen LogP contribution in [0.5, 0.6) is 0 Å². The Morgan fingerprint density at radius 2 is 1.73 bits per heavy atom. The molecule has 0 amide bonds. The SMILES string of the molecule is Cn1cncc1C(c1cc2ccccc2n(C)c1=O)N1CC[N+](C)(c2cccc(Cl)c2)CC1c1ccc(Cl)cc1. The molecule has 0 N–H and O–H groups in total. The second-order valence-corrected chi connectivity index (χ2v) is 11.8. The van der Waals surface area contributed by atoms with Gasteiger partial charge >= 0.3 is 0 Å². The number of likely N-dealkylation sites (N-methyl/N-ethyl adjacent to an activating group) is 1. The lowest BCUT2D eigenvalue weighted by molar-refractivity contribution is 0.0638. The summed E-state index contributed by atoms with van der Waals surface area (Å²) < 4.78 is 4.51. The van der Waals surface area contributed by atoms with Gasteiger partial charge in [0.2, 0.25) is 0 Å². The number of pyridine rings is 1. The molecule has 6 nitrogen and oxygen atoms in total. The molecule has 1 aliphatic heterocycles. The third kappa shape index (κ3) is 4.75. The second-order valence-electron chi connectivity index (χ2n) is 10.9. The van der Waals surface area contributed by atoms with Crippen LogP contribution in [0, 0.1) is 0 Å². The lowest BCUT2D eigenvalue weighted by Crippen LogP contribution is -2.60. The summed E-state index contributed by atoms with van der Waals surface area (Å²) in [6.07, 6.45) is 3.69. The zero-order valence-electron chi connectivity index (χ0n) is 22.8. The number of imidazole rings is 1. The summed E-state index contributed by atoms with van der Waals surface area (Å²) in [6, 6.07) is 26.0. The van der Waals surface area contributed by atoms with Crippen LogP contribution in [0.2, 0.25) is 10.0 Å². The molecule has 3 aromatic carbocycles. The highest BCUT2D eigenvalue weighted by molar-refractivity contribution is 6.31. The monoisotopic (exact) mass is 572 g/mol. The summed E-state index contributed by atoms with van der Waals surface area (Å²) in [5.74, 6) is 0. The fraction of sp³-hybridized carbons (Fsp3) is 0.250. The number of quaternary nitrogens is 1. The van der Waals surface area contributed by atoms with E-state index in [9.17, 15) is 4.79 Å². The number of piperazine rings is 1. The van der Waals surface area contributed by atoms with Gasteiger partial charge in [0.1, 0.15) is 12.2 Å². The molecule has 8 heteroatoms. The first-order valence-electron chi connectivity index (χ1n) is 13.4. The van der Waals surface area contributed by atoms with E-state index in [1.807, 2.05) is 67.3 Å². The van der Waals surface area contributed by atoms with Crippen molar-refractivity contribution in [1.82, 2.24) is 23.5 Å². The fourth-order valence-electron chi connectivity index (χ4n) is 6.19. The number of hydrogen-bond acceptors (Lipinski definition) is 3. The van der Waals surface area contributed by atoms with Crippen molar-refractivity contribution in [2.75, 3.05) is 26.7 Å². The van der Waals surface area contributed by atoms with E-state index in [-0.39, 0.29) is 17.6 Å². The predicted octanol–water partition coefficient (Wildman–Crippen LogP) is 6.36. The quantitative estimate of drug-likeness (QED) is 0.230. The Balaban J connectivity index is 1.54. The van der Waals surface area contributed by atoms with Crippen LogP contribution in [0.15, 0.2) is 96.2 Å². The minimum atomic E-state index is -0.301. The number of aryl methyl sites for hydroxylation is 2. The van der Waals surface area contributed by atoms with Gasteiger partial charge in [-0.2, -0.15) is 0 Å². The molecule has 3 atom stereocenters. The minimum Gasteiger partial charge on any atom is -0.336 e. The largest absolute Gasteiger partial charge is 0.336 e. The Hall–Kier alpha value is -3.42. The standard InChI is InChI=1S/C32H32Cl2N5O/c1-36-21-35-19-29(36)31(27-17-23-7-4-5-10-28(23)37(2)32(27)40)38-15-16-39(3,26-9-6-8-25(34)18-26)20-30(38)22-11-13-24(33)14-12-22/h4-14,17-19,21,30-31H,15-16,20H2,1-3H3/q+1. The highest BCUT2D eigenvalue weighted by Crippen LogP contribution is 2.41. The number of para-hydroxylation sites is 1. The zero-order chi connectivity index (χ0) is 28.0. The lowest BCUT2D eigenvalue weighted by atomic mass is 9.93. The molecule has 0 bridgehead atoms. The van der Waals surface area contributed by atoms with Crippen LogP contribution in [-0.4, -0.2) is 45.7 Å². The Morgan fingerprint density at radius 1 is 0.950 bits per heavy atom. The van der Waals surface area contributed by atoms with Crippen molar-refractivity contribution in [2.24, 2.45) is 14.1 Å². The molecule has 0 spiro atoms. The van der Waals surface area contributed by atoms with E-state index in [2.05, 4.69) is 53.3 Å². The Morgan fingerprint density at radius 3 is 2.45 bits per heavy atom. The summed E-state index contributed by atoms with van der Waals surface area (Å²) in [4.78, 5) is 21.0. The maximum Gasteiger partial charge on any atom is 0.255 e. The number of hydrogen-bond donors (Lipinski definition) is 0. The number of nitrogens with zero attached hydrogens (tertiary/aromatic N) is 5. The molecular weight excluding hydrogens is 541 g/mol. The van der Waals surface area contributed by atoms with Crippen molar-refractivity contribution < 1.29 is 0 Å². The lowest BCUT2D eigenvalue weighted by Gasteiger charge is -2.49. The maximum absolute atomic E-state index is 14.0. The van der Waals surface area contributed by atoms with Gasteiger partial charge in [0.25, 0.3) is 5.56 Å². The van der Waals surface area contributed by atoms with E-state index in [4.69, 9.17) is 23.2 Å². The highest BCUT2D eigenvalue weighted by Gasteiger charge is 2.43. The van der Waals surface area contributed by atoms with Crippen LogP contribution in [0.1, 0.15) is 28.9 Å². The molecule has 3 heterocycles. The average Bonchev–Trinajstić information content (AvgIpc) is 3.38. The topological polar surface area (TPSA) is 43.1 Å². The summed E-state index contributed by atoms with van der Waals surface area (Å²) in [6.45, 7) is 2.40. The third-order valence-corrected chi connectivity index (χ3v) is 8.92. The van der Waals surface area contributed by atoms with Crippen molar-refractivity contribution in [3.8, 4) is 0 Å². The van der Waals surface area contributed by atoms with Crippen LogP contribution in [0.25, 0.3) is 10.9 Å². The van der Waals surface area contributed by atoms with Crippen molar-refractivity contribution >= 4 is 39.8 Å². The average molecular weight is 574 g/mol. The van der Waals surface area contributed by atoms with Gasteiger partial charge in [-0.1, -0.05) is 59.6 Å². The van der Waals surface area contributed by atoms with Gasteiger partial charge in [0.15, 0.2) is 0 Å². The molecule has 1 saturated heterocycles. The summed E-state index contributed by atoms with van der Waals surface area (Å²) in [5, 5.41) is 2.46. The number of fused-ring (bicyclic) bond motifs is 1. The molecule has 204 valence electrons. The van der Waals surface area contributed by atoms with Gasteiger partial charge in [-0.3, -0.25) is 14.2 Å². The van der Waals surface area contributed by atoms with Crippen LogP contribution in [0.3, 0.4) is 0 Å². The molecule has 2 aromatic heterocycles. The van der Waals surface area contributed by atoms with Gasteiger partial charge in [-0.15, -0.1) is 0 Å². The Labute approximate surface area is 244 Å². The molecule has 0 aliphatic carbocycles. The van der Waals surface area contributed by atoms with Crippen molar-refractivity contribution in [3.05, 3.63) is 129 Å². The third-order valence-electron chi connectivity index (χ3n) is 8.44. The van der Waals surface area contributed by atoms with Gasteiger partial charge < -0.3 is 9.13 Å². The summed E-state index contributed by atoms with van der Waals surface area (Å²) in [5.41, 5.74) is 4.95. The Bertz CT molecular complexity index is 1740. The van der Waals surface area contributed by atoms with Crippen LogP contribution >= 0.6 is 23.2 Å².